The van der Waals surface area contributed by atoms with E-state index in [1.54, 1.807) is 0 Å². The lowest BCUT2D eigenvalue weighted by Gasteiger charge is -2.22. The molecule has 0 aromatic heterocycles. The van der Waals surface area contributed by atoms with E-state index in [1.165, 1.54) is 49.2 Å². The van der Waals surface area contributed by atoms with Gasteiger partial charge < -0.3 is 5.32 Å². The minimum Gasteiger partial charge on any atom is -0.345 e. The first kappa shape index (κ1) is 15.3. The smallest absolute Gasteiger partial charge is 0.251 e. The quantitative estimate of drug-likeness (QED) is 0.932. The number of nitrogens with one attached hydrogen (secondary N) is 1. The fourth-order valence-corrected chi connectivity index (χ4v) is 4.50. The zero-order chi connectivity index (χ0) is 15.6. The van der Waals surface area contributed by atoms with Crippen LogP contribution in [-0.2, 0) is 9.84 Å². The molecule has 1 aromatic carbocycles. The third-order valence-electron chi connectivity index (χ3n) is 4.50. The summed E-state index contributed by atoms with van der Waals surface area (Å²) in [7, 11) is -3.14. The first-order valence-corrected chi connectivity index (χ1v) is 9.57. The van der Waals surface area contributed by atoms with Gasteiger partial charge in [0.2, 0.25) is 0 Å². The molecule has 1 aliphatic heterocycles. The molecule has 0 radical (unpaired) electrons. The highest BCUT2D eigenvalue weighted by Crippen LogP contribution is 2.32. The predicted molar refractivity (Wildman–Crippen MR) is 86.4 cm³/mol. The van der Waals surface area contributed by atoms with Gasteiger partial charge in [0.1, 0.15) is 0 Å². The Bertz CT molecular complexity index is 670. The summed E-state index contributed by atoms with van der Waals surface area (Å²) in [5, 5.41) is 3.92. The first-order chi connectivity index (χ1) is 10.5. The SMILES string of the molecule is O=C(NC1C=CS(=O)(=O)C1)c1ccc(C2CCCCC2)cc1. The van der Waals surface area contributed by atoms with Gasteiger partial charge in [-0.15, -0.1) is 0 Å². The fourth-order valence-electron chi connectivity index (χ4n) is 3.26. The largest absolute Gasteiger partial charge is 0.345 e. The molecule has 1 aromatic rings. The lowest BCUT2D eigenvalue weighted by Crippen LogP contribution is -2.35. The number of rotatable bonds is 3. The van der Waals surface area contributed by atoms with Gasteiger partial charge in [0.05, 0.1) is 11.8 Å². The molecule has 1 aliphatic carbocycles. The maximum Gasteiger partial charge on any atom is 0.251 e. The van der Waals surface area contributed by atoms with E-state index in [-0.39, 0.29) is 11.7 Å². The summed E-state index contributed by atoms with van der Waals surface area (Å²) in [6, 6.07) is 7.33. The zero-order valence-electron chi connectivity index (χ0n) is 12.5. The lowest BCUT2D eigenvalue weighted by molar-refractivity contribution is 0.0947. The van der Waals surface area contributed by atoms with Crippen LogP contribution in [0.5, 0.6) is 0 Å². The molecule has 3 rings (SSSR count). The van der Waals surface area contributed by atoms with E-state index in [9.17, 15) is 13.2 Å². The topological polar surface area (TPSA) is 63.2 Å². The number of sulfone groups is 1. The van der Waals surface area contributed by atoms with Crippen LogP contribution >= 0.6 is 0 Å². The highest BCUT2D eigenvalue weighted by atomic mass is 32.2. The number of hydrogen-bond donors (Lipinski definition) is 1. The highest BCUT2D eigenvalue weighted by Gasteiger charge is 2.23. The molecule has 1 atom stereocenters. The Morgan fingerprint density at radius 2 is 1.73 bits per heavy atom. The number of hydrogen-bond acceptors (Lipinski definition) is 3. The van der Waals surface area contributed by atoms with Crippen LogP contribution in [0.15, 0.2) is 35.7 Å². The number of carbonyl (C=O) groups is 1. The molecular formula is C17H21NO3S. The van der Waals surface area contributed by atoms with Crippen molar-refractivity contribution in [3.05, 3.63) is 46.9 Å². The van der Waals surface area contributed by atoms with Crippen molar-refractivity contribution in [3.63, 3.8) is 0 Å². The second-order valence-electron chi connectivity index (χ2n) is 6.19. The third kappa shape index (κ3) is 3.58. The highest BCUT2D eigenvalue weighted by molar-refractivity contribution is 7.94. The van der Waals surface area contributed by atoms with Gasteiger partial charge in [-0.2, -0.15) is 0 Å². The molecule has 0 spiro atoms. The van der Waals surface area contributed by atoms with Crippen molar-refractivity contribution in [3.8, 4) is 0 Å². The molecule has 5 heteroatoms. The van der Waals surface area contributed by atoms with E-state index in [0.29, 0.717) is 11.5 Å². The van der Waals surface area contributed by atoms with Crippen LogP contribution in [0.25, 0.3) is 0 Å². The van der Waals surface area contributed by atoms with E-state index in [1.807, 2.05) is 24.3 Å². The van der Waals surface area contributed by atoms with Gasteiger partial charge in [0, 0.05) is 11.0 Å². The van der Waals surface area contributed by atoms with Gasteiger partial charge in [-0.05, 0) is 42.5 Å². The van der Waals surface area contributed by atoms with Gasteiger partial charge in [-0.1, -0.05) is 31.4 Å². The molecule has 0 saturated heterocycles. The molecule has 1 amide bonds. The minimum atomic E-state index is -3.14. The van der Waals surface area contributed by atoms with E-state index in [4.69, 9.17) is 0 Å². The normalized spacial score (nSPS) is 24.3. The van der Waals surface area contributed by atoms with Crippen molar-refractivity contribution in [2.45, 2.75) is 44.1 Å². The van der Waals surface area contributed by atoms with Crippen molar-refractivity contribution in [2.24, 2.45) is 0 Å². The second kappa shape index (κ2) is 6.24. The van der Waals surface area contributed by atoms with Crippen LogP contribution in [0.2, 0.25) is 0 Å². The first-order valence-electron chi connectivity index (χ1n) is 7.85. The Balaban J connectivity index is 1.62. The summed E-state index contributed by atoms with van der Waals surface area (Å²) in [5.74, 6) is 0.356. The van der Waals surface area contributed by atoms with Crippen molar-refractivity contribution >= 4 is 15.7 Å². The third-order valence-corrected chi connectivity index (χ3v) is 5.89. The molecular weight excluding hydrogens is 298 g/mol. The Morgan fingerprint density at radius 3 is 2.32 bits per heavy atom. The molecule has 1 N–H and O–H groups in total. The minimum absolute atomic E-state index is 0.0428. The molecule has 1 unspecified atom stereocenters. The zero-order valence-corrected chi connectivity index (χ0v) is 13.3. The fraction of sp³-hybridized carbons (Fsp3) is 0.471. The summed E-state index contributed by atoms with van der Waals surface area (Å²) < 4.78 is 22.7. The Hall–Kier alpha value is -1.62. The van der Waals surface area contributed by atoms with Crippen molar-refractivity contribution in [1.29, 1.82) is 0 Å². The maximum atomic E-state index is 12.2. The lowest BCUT2D eigenvalue weighted by atomic mass is 9.84. The molecule has 1 heterocycles. The van der Waals surface area contributed by atoms with Gasteiger partial charge in [-0.3, -0.25) is 4.79 Å². The van der Waals surface area contributed by atoms with Gasteiger partial charge in [-0.25, -0.2) is 8.42 Å². The van der Waals surface area contributed by atoms with Crippen LogP contribution in [0.1, 0.15) is 53.9 Å². The average molecular weight is 319 g/mol. The van der Waals surface area contributed by atoms with E-state index in [2.05, 4.69) is 5.32 Å². The van der Waals surface area contributed by atoms with E-state index >= 15 is 0 Å². The predicted octanol–water partition coefficient (Wildman–Crippen LogP) is 2.77. The molecule has 0 bridgehead atoms. The van der Waals surface area contributed by atoms with Crippen LogP contribution in [0.4, 0.5) is 0 Å². The summed E-state index contributed by atoms with van der Waals surface area (Å²) in [6.45, 7) is 0. The number of carbonyl (C=O) groups excluding carboxylic acids is 1. The van der Waals surface area contributed by atoms with Crippen LogP contribution in [0, 0.1) is 0 Å². The number of amides is 1. The average Bonchev–Trinajstić information content (AvgIpc) is 2.87. The summed E-state index contributed by atoms with van der Waals surface area (Å²) in [4.78, 5) is 12.2. The van der Waals surface area contributed by atoms with Crippen molar-refractivity contribution in [2.75, 3.05) is 5.75 Å². The van der Waals surface area contributed by atoms with Crippen LogP contribution in [0.3, 0.4) is 0 Å². The van der Waals surface area contributed by atoms with Gasteiger partial charge in [0.25, 0.3) is 5.91 Å². The molecule has 1 saturated carbocycles. The van der Waals surface area contributed by atoms with E-state index in [0.717, 1.165) is 0 Å². The standard InChI is InChI=1S/C17H21NO3S/c19-17(18-16-10-11-22(20,21)12-16)15-8-6-14(7-9-15)13-4-2-1-3-5-13/h6-11,13,16H,1-5,12H2,(H,18,19). The molecule has 22 heavy (non-hydrogen) atoms. The van der Waals surface area contributed by atoms with Crippen molar-refractivity contribution in [1.82, 2.24) is 5.32 Å². The summed E-state index contributed by atoms with van der Waals surface area (Å²) in [5.41, 5.74) is 1.89. The van der Waals surface area contributed by atoms with E-state index < -0.39 is 15.9 Å². The maximum absolute atomic E-state index is 12.2. The number of benzene rings is 1. The second-order valence-corrected chi connectivity index (χ2v) is 8.13. The van der Waals surface area contributed by atoms with Crippen LogP contribution in [-0.4, -0.2) is 26.1 Å². The monoisotopic (exact) mass is 319 g/mol. The van der Waals surface area contributed by atoms with Crippen LogP contribution < -0.4 is 5.32 Å². The van der Waals surface area contributed by atoms with Gasteiger partial charge >= 0.3 is 0 Å². The van der Waals surface area contributed by atoms with Gasteiger partial charge in [0.15, 0.2) is 9.84 Å². The molecule has 4 nitrogen and oxygen atoms in total. The Morgan fingerprint density at radius 1 is 1.05 bits per heavy atom. The summed E-state index contributed by atoms with van der Waals surface area (Å²) >= 11 is 0. The van der Waals surface area contributed by atoms with Crippen molar-refractivity contribution < 1.29 is 13.2 Å². The molecule has 1 fully saturated rings. The molecule has 2 aliphatic rings. The Labute approximate surface area is 131 Å². The Kier molecular flexibility index (Phi) is 4.34. The molecule has 118 valence electrons. The summed E-state index contributed by atoms with van der Waals surface area (Å²) in [6.07, 6.45) is 7.90.